The molecule has 7 nitrogen and oxygen atoms in total. The van der Waals surface area contributed by atoms with Crippen molar-refractivity contribution in [2.75, 3.05) is 17.1 Å². The van der Waals surface area contributed by atoms with Gasteiger partial charge in [-0.05, 0) is 55.3 Å². The molecule has 1 atom stereocenters. The van der Waals surface area contributed by atoms with Crippen molar-refractivity contribution in [2.24, 2.45) is 0 Å². The van der Waals surface area contributed by atoms with Gasteiger partial charge in [0.25, 0.3) is 0 Å². The molecule has 0 saturated heterocycles. The maximum atomic E-state index is 14.0. The highest BCUT2D eigenvalue weighted by molar-refractivity contribution is 9.10. The highest BCUT2D eigenvalue weighted by Gasteiger charge is 2.33. The fraction of sp³-hybridized carbons (Fsp3) is 0.286. The second-order valence-electron chi connectivity index (χ2n) is 9.41. The number of halogens is 3. The normalized spacial score (nSPS) is 12.2. The van der Waals surface area contributed by atoms with Gasteiger partial charge < -0.3 is 10.2 Å². The highest BCUT2D eigenvalue weighted by atomic mass is 79.9. The molecule has 0 aliphatic heterocycles. The number of nitrogens with zero attached hydrogens (tertiary/aromatic N) is 2. The first-order chi connectivity index (χ1) is 18.3. The lowest BCUT2D eigenvalue weighted by molar-refractivity contribution is -0.140. The van der Waals surface area contributed by atoms with Crippen molar-refractivity contribution in [2.45, 2.75) is 38.9 Å². The van der Waals surface area contributed by atoms with Crippen molar-refractivity contribution in [3.05, 3.63) is 98.4 Å². The molecule has 1 N–H and O–H groups in total. The average Bonchev–Trinajstić information content (AvgIpc) is 2.84. The molecule has 39 heavy (non-hydrogen) atoms. The molecule has 0 spiro atoms. The number of amides is 2. The Morgan fingerprint density at radius 3 is 2.05 bits per heavy atom. The van der Waals surface area contributed by atoms with Gasteiger partial charge in [0, 0.05) is 33.5 Å². The van der Waals surface area contributed by atoms with Gasteiger partial charge in [0.15, 0.2) is 0 Å². The Balaban J connectivity index is 2.06. The topological polar surface area (TPSA) is 86.8 Å². The standard InChI is InChI=1S/C28H30BrCl2N3O4S/c1-19(2)32-28(36)26(13-20-7-5-4-6-8-20)33(17-21-9-11-22(29)12-10-21)27(35)18-34(39(3,37)38)25-15-23(30)14-24(31)16-25/h4-12,14-16,19,26H,13,17-18H2,1-3H3,(H,32,36)/t26-/m0/s1. The molecular weight excluding hydrogens is 625 g/mol. The van der Waals surface area contributed by atoms with Crippen LogP contribution in [0.5, 0.6) is 0 Å². The number of carbonyl (C=O) groups is 2. The monoisotopic (exact) mass is 653 g/mol. The number of nitrogens with one attached hydrogen (secondary N) is 1. The SMILES string of the molecule is CC(C)NC(=O)[C@H](Cc1ccccc1)N(Cc1ccc(Br)cc1)C(=O)CN(c1cc(Cl)cc(Cl)c1)S(C)(=O)=O. The molecule has 0 saturated carbocycles. The molecule has 11 heteroatoms. The van der Waals surface area contributed by atoms with Crippen LogP contribution in [0.25, 0.3) is 0 Å². The smallest absolute Gasteiger partial charge is 0.244 e. The van der Waals surface area contributed by atoms with Crippen LogP contribution < -0.4 is 9.62 Å². The number of rotatable bonds is 11. The van der Waals surface area contributed by atoms with Gasteiger partial charge in [-0.25, -0.2) is 8.42 Å². The number of hydrogen-bond acceptors (Lipinski definition) is 4. The molecule has 0 bridgehead atoms. The van der Waals surface area contributed by atoms with Crippen molar-refractivity contribution in [1.82, 2.24) is 10.2 Å². The largest absolute Gasteiger partial charge is 0.352 e. The average molecular weight is 655 g/mol. The van der Waals surface area contributed by atoms with Crippen LogP contribution >= 0.6 is 39.1 Å². The predicted octanol–water partition coefficient (Wildman–Crippen LogP) is 5.69. The molecule has 0 aliphatic rings. The Morgan fingerprint density at radius 2 is 1.51 bits per heavy atom. The van der Waals surface area contributed by atoms with Crippen LogP contribution in [0.3, 0.4) is 0 Å². The van der Waals surface area contributed by atoms with Crippen molar-refractivity contribution in [3.63, 3.8) is 0 Å². The van der Waals surface area contributed by atoms with Crippen LogP contribution in [-0.4, -0.2) is 50.0 Å². The van der Waals surface area contributed by atoms with Gasteiger partial charge in [-0.1, -0.05) is 81.6 Å². The van der Waals surface area contributed by atoms with Crippen LogP contribution in [-0.2, 0) is 32.6 Å². The molecular formula is C28H30BrCl2N3O4S. The zero-order valence-electron chi connectivity index (χ0n) is 21.8. The summed E-state index contributed by atoms with van der Waals surface area (Å²) in [5, 5.41) is 3.37. The van der Waals surface area contributed by atoms with E-state index >= 15 is 0 Å². The molecule has 3 rings (SSSR count). The van der Waals surface area contributed by atoms with E-state index in [0.29, 0.717) is 0 Å². The van der Waals surface area contributed by atoms with E-state index < -0.39 is 28.5 Å². The van der Waals surface area contributed by atoms with E-state index in [1.807, 2.05) is 68.4 Å². The fourth-order valence-electron chi connectivity index (χ4n) is 4.02. The molecule has 3 aromatic rings. The molecule has 0 heterocycles. The van der Waals surface area contributed by atoms with Gasteiger partial charge in [0.05, 0.1) is 11.9 Å². The van der Waals surface area contributed by atoms with Crippen LogP contribution in [0.2, 0.25) is 10.0 Å². The third-order valence-corrected chi connectivity index (χ3v) is 7.89. The minimum atomic E-state index is -3.92. The van der Waals surface area contributed by atoms with Crippen LogP contribution in [0.4, 0.5) is 5.69 Å². The van der Waals surface area contributed by atoms with Gasteiger partial charge in [0.1, 0.15) is 12.6 Å². The number of anilines is 1. The maximum Gasteiger partial charge on any atom is 0.244 e. The zero-order chi connectivity index (χ0) is 28.7. The quantitative estimate of drug-likeness (QED) is 0.288. The lowest BCUT2D eigenvalue weighted by Gasteiger charge is -2.34. The first-order valence-electron chi connectivity index (χ1n) is 12.2. The maximum absolute atomic E-state index is 14.0. The molecule has 0 radical (unpaired) electrons. The van der Waals surface area contributed by atoms with Gasteiger partial charge in [-0.2, -0.15) is 0 Å². The zero-order valence-corrected chi connectivity index (χ0v) is 25.7. The van der Waals surface area contributed by atoms with Crippen molar-refractivity contribution in [1.29, 1.82) is 0 Å². The summed E-state index contributed by atoms with van der Waals surface area (Å²) in [5.74, 6) is -0.893. The Bertz CT molecular complexity index is 1380. The van der Waals surface area contributed by atoms with Crippen molar-refractivity contribution in [3.8, 4) is 0 Å². The summed E-state index contributed by atoms with van der Waals surface area (Å²) in [6.07, 6.45) is 1.24. The Kier molecular flexibility index (Phi) is 10.8. The Morgan fingerprint density at radius 1 is 0.923 bits per heavy atom. The van der Waals surface area contributed by atoms with Crippen molar-refractivity contribution >= 4 is 66.7 Å². The Labute approximate surface area is 248 Å². The third-order valence-electron chi connectivity index (χ3n) is 5.78. The lowest BCUT2D eigenvalue weighted by Crippen LogP contribution is -2.54. The molecule has 3 aromatic carbocycles. The van der Waals surface area contributed by atoms with E-state index in [1.54, 1.807) is 0 Å². The second-order valence-corrected chi connectivity index (χ2v) is 13.1. The number of carbonyl (C=O) groups excluding carboxylic acids is 2. The summed E-state index contributed by atoms with van der Waals surface area (Å²) in [4.78, 5) is 28.9. The van der Waals surface area contributed by atoms with Gasteiger partial charge >= 0.3 is 0 Å². The summed E-state index contributed by atoms with van der Waals surface area (Å²) in [6, 6.07) is 20.0. The number of benzene rings is 3. The van der Waals surface area contributed by atoms with E-state index in [2.05, 4.69) is 21.2 Å². The molecule has 0 aromatic heterocycles. The summed E-state index contributed by atoms with van der Waals surface area (Å²) in [5.41, 5.74) is 1.79. The van der Waals surface area contributed by atoms with E-state index in [9.17, 15) is 18.0 Å². The summed E-state index contributed by atoms with van der Waals surface area (Å²) in [6.45, 7) is 3.22. The summed E-state index contributed by atoms with van der Waals surface area (Å²) in [7, 11) is -3.92. The predicted molar refractivity (Wildman–Crippen MR) is 161 cm³/mol. The number of sulfonamides is 1. The van der Waals surface area contributed by atoms with E-state index in [-0.39, 0.29) is 40.6 Å². The number of hydrogen-bond donors (Lipinski definition) is 1. The highest BCUT2D eigenvalue weighted by Crippen LogP contribution is 2.27. The third kappa shape index (κ3) is 9.24. The minimum Gasteiger partial charge on any atom is -0.352 e. The minimum absolute atomic E-state index is 0.0863. The summed E-state index contributed by atoms with van der Waals surface area (Å²) >= 11 is 15.7. The first-order valence-corrected chi connectivity index (χ1v) is 15.5. The Hall–Kier alpha value is -2.59. The molecule has 0 fully saturated rings. The van der Waals surface area contributed by atoms with E-state index in [0.717, 1.165) is 26.2 Å². The van der Waals surface area contributed by atoms with Crippen LogP contribution in [0, 0.1) is 0 Å². The second kappa shape index (κ2) is 13.7. The summed E-state index contributed by atoms with van der Waals surface area (Å²) < 4.78 is 27.5. The van der Waals surface area contributed by atoms with Gasteiger partial charge in [-0.15, -0.1) is 0 Å². The molecule has 0 unspecified atom stereocenters. The van der Waals surface area contributed by atoms with Gasteiger partial charge in [0.2, 0.25) is 21.8 Å². The van der Waals surface area contributed by atoms with Crippen LogP contribution in [0.15, 0.2) is 77.3 Å². The molecule has 0 aliphatic carbocycles. The lowest BCUT2D eigenvalue weighted by atomic mass is 10.0. The first kappa shape index (κ1) is 30.9. The molecule has 2 amide bonds. The van der Waals surface area contributed by atoms with Crippen LogP contribution in [0.1, 0.15) is 25.0 Å². The van der Waals surface area contributed by atoms with Crippen molar-refractivity contribution < 1.29 is 18.0 Å². The van der Waals surface area contributed by atoms with Gasteiger partial charge in [-0.3, -0.25) is 13.9 Å². The van der Waals surface area contributed by atoms with E-state index in [1.165, 1.54) is 23.1 Å². The van der Waals surface area contributed by atoms with E-state index in [4.69, 9.17) is 23.2 Å². The molecule has 208 valence electrons. The fourth-order valence-corrected chi connectivity index (χ4v) is 5.63.